The maximum Gasteiger partial charge on any atom is 0.261 e. The van der Waals surface area contributed by atoms with Crippen LogP contribution in [0.15, 0.2) is 41.3 Å². The van der Waals surface area contributed by atoms with Gasteiger partial charge in [0.2, 0.25) is 0 Å². The van der Waals surface area contributed by atoms with E-state index < -0.39 is 15.8 Å². The molecule has 6 heteroatoms. The zero-order valence-corrected chi connectivity index (χ0v) is 12.3. The molecule has 110 valence electrons. The number of hydrogen-bond donors (Lipinski definition) is 2. The summed E-state index contributed by atoms with van der Waals surface area (Å²) in [5.74, 6) is -0.467. The van der Waals surface area contributed by atoms with Gasteiger partial charge in [-0.05, 0) is 53.9 Å². The summed E-state index contributed by atoms with van der Waals surface area (Å²) < 4.78 is 40.5. The van der Waals surface area contributed by atoms with Gasteiger partial charge < -0.3 is 5.32 Å². The molecular weight excluding hydrogens is 291 g/mol. The maximum absolute atomic E-state index is 13.3. The molecule has 0 aromatic heterocycles. The second-order valence-corrected chi connectivity index (χ2v) is 6.84. The van der Waals surface area contributed by atoms with Gasteiger partial charge in [0.15, 0.2) is 0 Å². The van der Waals surface area contributed by atoms with E-state index in [1.807, 2.05) is 0 Å². The van der Waals surface area contributed by atoms with Crippen molar-refractivity contribution in [3.63, 3.8) is 0 Å². The molecule has 0 saturated carbocycles. The van der Waals surface area contributed by atoms with Crippen LogP contribution >= 0.6 is 0 Å². The van der Waals surface area contributed by atoms with Crippen molar-refractivity contribution >= 4 is 15.7 Å². The molecule has 1 aliphatic heterocycles. The topological polar surface area (TPSA) is 58.2 Å². The molecule has 0 unspecified atom stereocenters. The zero-order valence-electron chi connectivity index (χ0n) is 11.5. The van der Waals surface area contributed by atoms with E-state index in [-0.39, 0.29) is 10.6 Å². The summed E-state index contributed by atoms with van der Waals surface area (Å²) >= 11 is 0. The third kappa shape index (κ3) is 2.91. The van der Waals surface area contributed by atoms with Crippen molar-refractivity contribution in [2.45, 2.75) is 24.9 Å². The fourth-order valence-electron chi connectivity index (χ4n) is 2.45. The highest BCUT2D eigenvalue weighted by molar-refractivity contribution is 7.92. The van der Waals surface area contributed by atoms with Gasteiger partial charge in [0.25, 0.3) is 10.0 Å². The molecule has 1 aliphatic rings. The van der Waals surface area contributed by atoms with Crippen molar-refractivity contribution in [1.82, 2.24) is 5.32 Å². The van der Waals surface area contributed by atoms with Crippen LogP contribution in [-0.4, -0.2) is 8.42 Å². The number of fused-ring (bicyclic) bond motifs is 1. The van der Waals surface area contributed by atoms with E-state index in [1.54, 1.807) is 31.2 Å². The molecule has 1 heterocycles. The Hall–Kier alpha value is -1.92. The van der Waals surface area contributed by atoms with Crippen LogP contribution in [0.3, 0.4) is 0 Å². The Morgan fingerprint density at radius 2 is 1.86 bits per heavy atom. The molecule has 3 rings (SSSR count). The summed E-state index contributed by atoms with van der Waals surface area (Å²) in [5, 5.41) is 3.17. The van der Waals surface area contributed by atoms with Gasteiger partial charge in [-0.25, -0.2) is 12.8 Å². The molecule has 21 heavy (non-hydrogen) atoms. The summed E-state index contributed by atoms with van der Waals surface area (Å²) in [7, 11) is -3.71. The number of anilines is 1. The van der Waals surface area contributed by atoms with Crippen molar-refractivity contribution in [2.75, 3.05) is 4.72 Å². The lowest BCUT2D eigenvalue weighted by Gasteiger charge is -2.10. The van der Waals surface area contributed by atoms with E-state index >= 15 is 0 Å². The predicted octanol–water partition coefficient (Wildman–Crippen LogP) is 2.54. The number of hydrogen-bond acceptors (Lipinski definition) is 3. The van der Waals surface area contributed by atoms with Crippen LogP contribution in [0.1, 0.15) is 16.7 Å². The van der Waals surface area contributed by atoms with Crippen LogP contribution in [0.2, 0.25) is 0 Å². The minimum atomic E-state index is -3.71. The Kier molecular flexibility index (Phi) is 3.43. The van der Waals surface area contributed by atoms with Crippen LogP contribution < -0.4 is 10.0 Å². The van der Waals surface area contributed by atoms with Crippen LogP contribution in [0, 0.1) is 12.7 Å². The Balaban J connectivity index is 1.93. The molecule has 0 radical (unpaired) electrons. The average molecular weight is 306 g/mol. The summed E-state index contributed by atoms with van der Waals surface area (Å²) in [5.41, 5.74) is 2.97. The van der Waals surface area contributed by atoms with Gasteiger partial charge in [0, 0.05) is 13.1 Å². The minimum Gasteiger partial charge on any atom is -0.309 e. The van der Waals surface area contributed by atoms with Crippen LogP contribution in [0.4, 0.5) is 10.1 Å². The van der Waals surface area contributed by atoms with Gasteiger partial charge in [0.05, 0.1) is 10.6 Å². The zero-order chi connectivity index (χ0) is 15.0. The highest BCUT2D eigenvalue weighted by Crippen LogP contribution is 2.23. The molecule has 0 amide bonds. The van der Waals surface area contributed by atoms with E-state index in [2.05, 4.69) is 10.0 Å². The third-order valence-electron chi connectivity index (χ3n) is 3.41. The first kappa shape index (κ1) is 14.0. The van der Waals surface area contributed by atoms with E-state index in [4.69, 9.17) is 0 Å². The average Bonchev–Trinajstić information content (AvgIpc) is 2.83. The van der Waals surface area contributed by atoms with Crippen LogP contribution in [0.5, 0.6) is 0 Å². The lowest BCUT2D eigenvalue weighted by molar-refractivity contribution is 0.601. The van der Waals surface area contributed by atoms with E-state index in [0.717, 1.165) is 17.7 Å². The van der Waals surface area contributed by atoms with Crippen molar-refractivity contribution in [3.8, 4) is 0 Å². The molecule has 0 spiro atoms. The predicted molar refractivity (Wildman–Crippen MR) is 78.9 cm³/mol. The number of halogens is 1. The van der Waals surface area contributed by atoms with Gasteiger partial charge >= 0.3 is 0 Å². The minimum absolute atomic E-state index is 0.187. The third-order valence-corrected chi connectivity index (χ3v) is 4.79. The normalized spacial score (nSPS) is 14.0. The molecule has 0 aliphatic carbocycles. The first-order valence-electron chi connectivity index (χ1n) is 6.56. The van der Waals surface area contributed by atoms with Crippen LogP contribution in [0.25, 0.3) is 0 Å². The van der Waals surface area contributed by atoms with Gasteiger partial charge in [0.1, 0.15) is 5.82 Å². The molecule has 2 aromatic rings. The molecule has 0 atom stereocenters. The monoisotopic (exact) mass is 306 g/mol. The van der Waals surface area contributed by atoms with Crippen molar-refractivity contribution < 1.29 is 12.8 Å². The summed E-state index contributed by atoms with van der Waals surface area (Å²) in [4.78, 5) is 0.187. The maximum atomic E-state index is 13.3. The van der Waals surface area contributed by atoms with Crippen molar-refractivity contribution in [1.29, 1.82) is 0 Å². The first-order chi connectivity index (χ1) is 9.94. The van der Waals surface area contributed by atoms with Gasteiger partial charge in [-0.15, -0.1) is 0 Å². The quantitative estimate of drug-likeness (QED) is 0.916. The molecule has 0 fully saturated rings. The van der Waals surface area contributed by atoms with Crippen molar-refractivity contribution in [3.05, 3.63) is 58.9 Å². The summed E-state index contributed by atoms with van der Waals surface area (Å²) in [6.45, 7) is 3.13. The van der Waals surface area contributed by atoms with Crippen molar-refractivity contribution in [2.24, 2.45) is 0 Å². The largest absolute Gasteiger partial charge is 0.309 e. The number of benzene rings is 2. The second-order valence-electron chi connectivity index (χ2n) is 5.16. The lowest BCUT2D eigenvalue weighted by Crippen LogP contribution is -2.13. The number of aryl methyl sites for hydroxylation is 1. The second kappa shape index (κ2) is 5.13. The molecule has 4 nitrogen and oxygen atoms in total. The molecule has 2 N–H and O–H groups in total. The lowest BCUT2D eigenvalue weighted by atomic mass is 10.1. The standard InChI is InChI=1S/C15H15FN2O2S/c1-10-4-13(16)7-14(5-10)18-21(19,20)15-3-2-11-8-17-9-12(11)6-15/h2-7,17-18H,8-9H2,1H3. The van der Waals surface area contributed by atoms with Gasteiger partial charge in [-0.1, -0.05) is 6.07 Å². The number of rotatable bonds is 3. The molecule has 0 saturated heterocycles. The van der Waals surface area contributed by atoms with Crippen LogP contribution in [-0.2, 0) is 23.1 Å². The summed E-state index contributed by atoms with van der Waals surface area (Å²) in [6.07, 6.45) is 0. The summed E-state index contributed by atoms with van der Waals surface area (Å²) in [6, 6.07) is 9.14. The molecular formula is C15H15FN2O2S. The Morgan fingerprint density at radius 1 is 1.10 bits per heavy atom. The highest BCUT2D eigenvalue weighted by atomic mass is 32.2. The molecule has 2 aromatic carbocycles. The van der Waals surface area contributed by atoms with E-state index in [0.29, 0.717) is 12.1 Å². The highest BCUT2D eigenvalue weighted by Gasteiger charge is 2.18. The van der Waals surface area contributed by atoms with Gasteiger partial charge in [-0.2, -0.15) is 0 Å². The number of sulfonamides is 1. The Bertz CT molecular complexity index is 783. The number of nitrogens with one attached hydrogen (secondary N) is 2. The first-order valence-corrected chi connectivity index (χ1v) is 8.05. The Labute approximate surface area is 123 Å². The van der Waals surface area contributed by atoms with Gasteiger partial charge in [-0.3, -0.25) is 4.72 Å². The van der Waals surface area contributed by atoms with E-state index in [9.17, 15) is 12.8 Å². The Morgan fingerprint density at radius 3 is 2.62 bits per heavy atom. The SMILES string of the molecule is Cc1cc(F)cc(NS(=O)(=O)c2ccc3c(c2)CNC3)c1. The molecule has 0 bridgehead atoms. The fourth-order valence-corrected chi connectivity index (χ4v) is 3.54. The smallest absolute Gasteiger partial charge is 0.261 e. The fraction of sp³-hybridized carbons (Fsp3) is 0.200. The van der Waals surface area contributed by atoms with E-state index in [1.165, 1.54) is 12.1 Å².